The van der Waals surface area contributed by atoms with Gasteiger partial charge in [0.15, 0.2) is 0 Å². The number of cyclic esters (lactones) is 1. The van der Waals surface area contributed by atoms with E-state index in [1.165, 1.54) is 4.90 Å². The normalized spacial score (nSPS) is 16.5. The minimum absolute atomic E-state index is 0.0228. The standard InChI is InChI=1S/C19H15ClF3N3O4/c20-14-9-16(17(26(28)29)8-13(14)19(21,22)23)24-5-4-12-11(10-24)2-1-3-15(12)25-6-7-30-18(25)27/h1-3,8-9H,4-7,10H2. The van der Waals surface area contributed by atoms with Gasteiger partial charge in [-0.1, -0.05) is 23.7 Å². The molecule has 0 bridgehead atoms. The highest BCUT2D eigenvalue weighted by Gasteiger charge is 2.37. The molecule has 1 fully saturated rings. The van der Waals surface area contributed by atoms with Crippen LogP contribution in [-0.4, -0.2) is 30.7 Å². The number of fused-ring (bicyclic) bond motifs is 1. The Morgan fingerprint density at radius 2 is 1.93 bits per heavy atom. The van der Waals surface area contributed by atoms with Crippen molar-refractivity contribution in [2.24, 2.45) is 0 Å². The number of halogens is 4. The molecule has 0 aliphatic carbocycles. The smallest absolute Gasteiger partial charge is 0.418 e. The van der Waals surface area contributed by atoms with Gasteiger partial charge < -0.3 is 9.64 Å². The summed E-state index contributed by atoms with van der Waals surface area (Å²) in [4.78, 5) is 25.7. The molecule has 0 unspecified atom stereocenters. The first-order valence-electron chi connectivity index (χ1n) is 9.02. The molecule has 158 valence electrons. The number of benzene rings is 2. The zero-order chi connectivity index (χ0) is 21.6. The quantitative estimate of drug-likeness (QED) is 0.506. The van der Waals surface area contributed by atoms with Crippen LogP contribution in [0.4, 0.5) is 35.0 Å². The summed E-state index contributed by atoms with van der Waals surface area (Å²) in [5.74, 6) is 0. The van der Waals surface area contributed by atoms with Crippen LogP contribution in [0.2, 0.25) is 5.02 Å². The molecule has 4 rings (SSSR count). The highest BCUT2D eigenvalue weighted by molar-refractivity contribution is 6.31. The van der Waals surface area contributed by atoms with Crippen molar-refractivity contribution in [1.82, 2.24) is 0 Å². The first kappa shape index (κ1) is 20.3. The first-order chi connectivity index (χ1) is 14.2. The lowest BCUT2D eigenvalue weighted by Crippen LogP contribution is -2.33. The van der Waals surface area contributed by atoms with Crippen molar-refractivity contribution in [1.29, 1.82) is 0 Å². The predicted molar refractivity (Wildman–Crippen MR) is 103 cm³/mol. The van der Waals surface area contributed by atoms with Crippen LogP contribution >= 0.6 is 11.6 Å². The fraction of sp³-hybridized carbons (Fsp3) is 0.316. The molecular weight excluding hydrogens is 427 g/mol. The topological polar surface area (TPSA) is 75.9 Å². The molecule has 1 saturated heterocycles. The summed E-state index contributed by atoms with van der Waals surface area (Å²) in [5.41, 5.74) is 0.572. The molecule has 30 heavy (non-hydrogen) atoms. The highest BCUT2D eigenvalue weighted by Crippen LogP contribution is 2.43. The van der Waals surface area contributed by atoms with E-state index in [-0.39, 0.29) is 12.2 Å². The molecule has 0 saturated carbocycles. The maximum absolute atomic E-state index is 13.1. The van der Waals surface area contributed by atoms with Crippen molar-refractivity contribution < 1.29 is 27.6 Å². The fourth-order valence-electron chi connectivity index (χ4n) is 3.83. The summed E-state index contributed by atoms with van der Waals surface area (Å²) in [7, 11) is 0. The lowest BCUT2D eigenvalue weighted by molar-refractivity contribution is -0.384. The Morgan fingerprint density at radius 1 is 1.17 bits per heavy atom. The molecule has 2 heterocycles. The number of hydrogen-bond donors (Lipinski definition) is 0. The third-order valence-corrected chi connectivity index (χ3v) is 5.51. The van der Waals surface area contributed by atoms with Gasteiger partial charge in [0.2, 0.25) is 0 Å². The predicted octanol–water partition coefficient (Wildman–Crippen LogP) is 4.79. The van der Waals surface area contributed by atoms with E-state index in [2.05, 4.69) is 0 Å². The second kappa shape index (κ2) is 7.35. The highest BCUT2D eigenvalue weighted by atomic mass is 35.5. The van der Waals surface area contributed by atoms with Gasteiger partial charge in [0.05, 0.1) is 27.7 Å². The van der Waals surface area contributed by atoms with Crippen LogP contribution in [0, 0.1) is 10.1 Å². The van der Waals surface area contributed by atoms with Crippen molar-refractivity contribution in [3.05, 3.63) is 62.2 Å². The largest absolute Gasteiger partial charge is 0.447 e. The number of anilines is 2. The van der Waals surface area contributed by atoms with Crippen molar-refractivity contribution in [3.63, 3.8) is 0 Å². The number of nitro benzene ring substituents is 1. The average molecular weight is 442 g/mol. The third-order valence-electron chi connectivity index (χ3n) is 5.20. The van der Waals surface area contributed by atoms with Crippen LogP contribution in [0.3, 0.4) is 0 Å². The molecule has 0 spiro atoms. The van der Waals surface area contributed by atoms with Gasteiger partial charge in [-0.15, -0.1) is 0 Å². The number of carbonyl (C=O) groups is 1. The summed E-state index contributed by atoms with van der Waals surface area (Å²) in [6.07, 6.45) is -4.78. The van der Waals surface area contributed by atoms with Gasteiger partial charge >= 0.3 is 12.3 Å². The number of hydrogen-bond acceptors (Lipinski definition) is 5. The maximum Gasteiger partial charge on any atom is 0.418 e. The molecule has 2 aromatic carbocycles. The molecule has 0 radical (unpaired) electrons. The molecule has 2 aliphatic heterocycles. The molecule has 2 aromatic rings. The molecule has 0 aromatic heterocycles. The number of amides is 1. The second-order valence-corrected chi connectivity index (χ2v) is 7.34. The average Bonchev–Trinajstić information content (AvgIpc) is 3.11. The molecule has 0 N–H and O–H groups in total. The molecular formula is C19H15ClF3N3O4. The van der Waals surface area contributed by atoms with Gasteiger partial charge in [-0.2, -0.15) is 13.2 Å². The lowest BCUT2D eigenvalue weighted by Gasteiger charge is -2.32. The number of nitro groups is 1. The summed E-state index contributed by atoms with van der Waals surface area (Å²) >= 11 is 5.81. The first-order valence-corrected chi connectivity index (χ1v) is 9.39. The zero-order valence-corrected chi connectivity index (χ0v) is 16.2. The Bertz CT molecular complexity index is 1040. The van der Waals surface area contributed by atoms with Crippen LogP contribution in [0.25, 0.3) is 0 Å². The van der Waals surface area contributed by atoms with Crippen LogP contribution < -0.4 is 9.80 Å². The molecule has 11 heteroatoms. The Kier molecular flexibility index (Phi) is 4.97. The summed E-state index contributed by atoms with van der Waals surface area (Å²) in [5, 5.41) is 10.9. The van der Waals surface area contributed by atoms with Gasteiger partial charge in [-0.25, -0.2) is 4.79 Å². The Morgan fingerprint density at radius 3 is 2.57 bits per heavy atom. The van der Waals surface area contributed by atoms with Crippen LogP contribution in [-0.2, 0) is 23.9 Å². The number of carbonyl (C=O) groups excluding carboxylic acids is 1. The van der Waals surface area contributed by atoms with Gasteiger partial charge in [0, 0.05) is 19.2 Å². The van der Waals surface area contributed by atoms with Gasteiger partial charge in [-0.05, 0) is 29.7 Å². The van der Waals surface area contributed by atoms with E-state index in [0.29, 0.717) is 32.2 Å². The van der Waals surface area contributed by atoms with Crippen molar-refractivity contribution in [2.75, 3.05) is 29.5 Å². The van der Waals surface area contributed by atoms with Gasteiger partial charge in [-0.3, -0.25) is 15.0 Å². The van der Waals surface area contributed by atoms with E-state index in [4.69, 9.17) is 16.3 Å². The Labute approximate surface area is 173 Å². The van der Waals surface area contributed by atoms with E-state index < -0.39 is 33.5 Å². The maximum atomic E-state index is 13.1. The number of ether oxygens (including phenoxy) is 1. The Balaban J connectivity index is 1.71. The Hall–Kier alpha value is -3.01. The second-order valence-electron chi connectivity index (χ2n) is 6.93. The van der Waals surface area contributed by atoms with E-state index in [9.17, 15) is 28.1 Å². The molecule has 0 atom stereocenters. The van der Waals surface area contributed by atoms with Crippen molar-refractivity contribution >= 4 is 34.8 Å². The molecule has 1 amide bonds. The summed E-state index contributed by atoms with van der Waals surface area (Å²) in [6.45, 7) is 1.27. The number of rotatable bonds is 3. The number of alkyl halides is 3. The number of nitrogens with zero attached hydrogens (tertiary/aromatic N) is 3. The van der Waals surface area contributed by atoms with Gasteiger partial charge in [0.25, 0.3) is 5.69 Å². The van der Waals surface area contributed by atoms with Crippen LogP contribution in [0.5, 0.6) is 0 Å². The van der Waals surface area contributed by atoms with Crippen molar-refractivity contribution in [2.45, 2.75) is 19.1 Å². The van der Waals surface area contributed by atoms with E-state index in [1.807, 2.05) is 6.07 Å². The fourth-order valence-corrected chi connectivity index (χ4v) is 4.09. The minimum atomic E-state index is -4.80. The minimum Gasteiger partial charge on any atom is -0.447 e. The van der Waals surface area contributed by atoms with Crippen LogP contribution in [0.1, 0.15) is 16.7 Å². The van der Waals surface area contributed by atoms with E-state index in [1.54, 1.807) is 17.0 Å². The van der Waals surface area contributed by atoms with E-state index >= 15 is 0 Å². The monoisotopic (exact) mass is 441 g/mol. The van der Waals surface area contributed by atoms with Crippen LogP contribution in [0.15, 0.2) is 30.3 Å². The van der Waals surface area contributed by atoms with Gasteiger partial charge in [0.1, 0.15) is 12.3 Å². The molecule has 7 nitrogen and oxygen atoms in total. The molecule has 2 aliphatic rings. The zero-order valence-electron chi connectivity index (χ0n) is 15.4. The summed E-state index contributed by atoms with van der Waals surface area (Å²) < 4.78 is 44.4. The van der Waals surface area contributed by atoms with E-state index in [0.717, 1.165) is 22.9 Å². The summed E-state index contributed by atoms with van der Waals surface area (Å²) in [6, 6.07) is 6.86. The SMILES string of the molecule is O=C1OCCN1c1cccc2c1CCN(c1cc(Cl)c(C(F)(F)F)cc1[N+](=O)[O-])C2. The lowest BCUT2D eigenvalue weighted by atomic mass is 9.96. The third kappa shape index (κ3) is 3.51. The van der Waals surface area contributed by atoms with Crippen molar-refractivity contribution in [3.8, 4) is 0 Å².